The number of nitrogens with two attached hydrogens (primary N) is 1. The summed E-state index contributed by atoms with van der Waals surface area (Å²) in [4.78, 5) is 8.02. The van der Waals surface area contributed by atoms with Crippen LogP contribution in [0.25, 0.3) is 11.0 Å². The van der Waals surface area contributed by atoms with Gasteiger partial charge in [-0.25, -0.2) is 18.7 Å². The van der Waals surface area contributed by atoms with Crippen LogP contribution in [0.2, 0.25) is 0 Å². The van der Waals surface area contributed by atoms with Crippen LogP contribution in [0.1, 0.15) is 5.01 Å². The largest absolute Gasteiger partial charge is 0.369 e. The number of rotatable bonds is 2. The molecule has 0 bridgehead atoms. The molecule has 2 heterocycles. The van der Waals surface area contributed by atoms with E-state index in [1.54, 1.807) is 10.8 Å². The highest BCUT2D eigenvalue weighted by Crippen LogP contribution is 2.23. The SMILES string of the molecule is Nc1nc2c(F)cc(F)cc2n1Cc1nccs1. The van der Waals surface area contributed by atoms with Crippen molar-refractivity contribution in [1.82, 2.24) is 14.5 Å². The van der Waals surface area contributed by atoms with Crippen LogP contribution in [0.15, 0.2) is 23.7 Å². The number of nitrogen functional groups attached to an aromatic ring is 1. The van der Waals surface area contributed by atoms with Crippen molar-refractivity contribution in [2.75, 3.05) is 5.73 Å². The lowest BCUT2D eigenvalue weighted by atomic mass is 10.3. The van der Waals surface area contributed by atoms with Crippen LogP contribution >= 0.6 is 11.3 Å². The molecule has 0 atom stereocenters. The van der Waals surface area contributed by atoms with Gasteiger partial charge in [0.15, 0.2) is 5.82 Å². The Hall–Kier alpha value is -2.02. The lowest BCUT2D eigenvalue weighted by molar-refractivity contribution is 0.590. The number of anilines is 1. The number of benzene rings is 1. The molecule has 0 radical (unpaired) electrons. The molecule has 18 heavy (non-hydrogen) atoms. The normalized spacial score (nSPS) is 11.2. The Labute approximate surface area is 105 Å². The zero-order chi connectivity index (χ0) is 12.7. The molecule has 0 saturated heterocycles. The molecule has 2 aromatic heterocycles. The quantitative estimate of drug-likeness (QED) is 0.775. The first kappa shape index (κ1) is 11.1. The number of aromatic nitrogens is 3. The molecular formula is C11H8F2N4S. The fraction of sp³-hybridized carbons (Fsp3) is 0.0909. The molecule has 1 aromatic carbocycles. The van der Waals surface area contributed by atoms with E-state index in [4.69, 9.17) is 5.73 Å². The van der Waals surface area contributed by atoms with E-state index in [1.807, 2.05) is 5.38 Å². The zero-order valence-corrected chi connectivity index (χ0v) is 9.92. The maximum absolute atomic E-state index is 13.5. The van der Waals surface area contributed by atoms with Crippen LogP contribution in [0, 0.1) is 11.6 Å². The summed E-state index contributed by atoms with van der Waals surface area (Å²) in [5, 5.41) is 2.62. The van der Waals surface area contributed by atoms with Crippen molar-refractivity contribution in [3.8, 4) is 0 Å². The fourth-order valence-electron chi connectivity index (χ4n) is 1.80. The number of fused-ring (bicyclic) bond motifs is 1. The van der Waals surface area contributed by atoms with E-state index < -0.39 is 11.6 Å². The maximum atomic E-state index is 13.5. The Morgan fingerprint density at radius 1 is 1.33 bits per heavy atom. The molecule has 0 aliphatic carbocycles. The van der Waals surface area contributed by atoms with Crippen molar-refractivity contribution in [3.05, 3.63) is 40.4 Å². The van der Waals surface area contributed by atoms with E-state index >= 15 is 0 Å². The molecular weight excluding hydrogens is 258 g/mol. The Morgan fingerprint density at radius 3 is 2.89 bits per heavy atom. The minimum absolute atomic E-state index is 0.0745. The summed E-state index contributed by atoms with van der Waals surface area (Å²) in [6.45, 7) is 0.350. The van der Waals surface area contributed by atoms with E-state index in [-0.39, 0.29) is 11.5 Å². The van der Waals surface area contributed by atoms with Gasteiger partial charge in [0.25, 0.3) is 0 Å². The van der Waals surface area contributed by atoms with Gasteiger partial charge in [-0.05, 0) is 0 Å². The van der Waals surface area contributed by atoms with Gasteiger partial charge in [0.05, 0.1) is 12.1 Å². The number of imidazole rings is 1. The number of hydrogen-bond acceptors (Lipinski definition) is 4. The van der Waals surface area contributed by atoms with Crippen LogP contribution in [0.3, 0.4) is 0 Å². The number of hydrogen-bond donors (Lipinski definition) is 1. The van der Waals surface area contributed by atoms with Crippen LogP contribution in [0.5, 0.6) is 0 Å². The van der Waals surface area contributed by atoms with E-state index in [9.17, 15) is 8.78 Å². The highest BCUT2D eigenvalue weighted by atomic mass is 32.1. The molecule has 3 rings (SSSR count). The summed E-state index contributed by atoms with van der Waals surface area (Å²) in [5.74, 6) is -1.22. The molecule has 92 valence electrons. The monoisotopic (exact) mass is 266 g/mol. The fourth-order valence-corrected chi connectivity index (χ4v) is 2.40. The second-order valence-corrected chi connectivity index (χ2v) is 4.72. The Morgan fingerprint density at radius 2 is 2.17 bits per heavy atom. The highest BCUT2D eigenvalue weighted by molar-refractivity contribution is 7.09. The second-order valence-electron chi connectivity index (χ2n) is 3.74. The summed E-state index contributed by atoms with van der Waals surface area (Å²) < 4.78 is 28.3. The molecule has 0 spiro atoms. The summed E-state index contributed by atoms with van der Waals surface area (Å²) >= 11 is 1.44. The zero-order valence-electron chi connectivity index (χ0n) is 9.10. The lowest BCUT2D eigenvalue weighted by Crippen LogP contribution is -2.04. The Balaban J connectivity index is 2.19. The van der Waals surface area contributed by atoms with Crippen LogP contribution in [-0.2, 0) is 6.54 Å². The standard InChI is InChI=1S/C11H8F2N4S/c12-6-3-7(13)10-8(4-6)17(11(14)16-10)5-9-15-1-2-18-9/h1-4H,5H2,(H2,14,16). The third kappa shape index (κ3) is 1.72. The van der Waals surface area contributed by atoms with Crippen molar-refractivity contribution >= 4 is 28.3 Å². The van der Waals surface area contributed by atoms with Gasteiger partial charge in [-0.15, -0.1) is 11.3 Å². The molecule has 0 amide bonds. The van der Waals surface area contributed by atoms with Gasteiger partial charge < -0.3 is 10.3 Å². The minimum Gasteiger partial charge on any atom is -0.369 e. The van der Waals surface area contributed by atoms with Gasteiger partial charge in [0.2, 0.25) is 5.95 Å². The predicted molar refractivity (Wildman–Crippen MR) is 65.3 cm³/mol. The van der Waals surface area contributed by atoms with Crippen LogP contribution in [-0.4, -0.2) is 14.5 Å². The molecule has 0 unspecified atom stereocenters. The summed E-state index contributed by atoms with van der Waals surface area (Å²) in [7, 11) is 0. The molecule has 0 fully saturated rings. The summed E-state index contributed by atoms with van der Waals surface area (Å²) in [5.41, 5.74) is 6.14. The molecule has 0 aliphatic heterocycles. The average Bonchev–Trinajstić information content (AvgIpc) is 2.91. The van der Waals surface area contributed by atoms with Crippen molar-refractivity contribution in [2.45, 2.75) is 6.54 Å². The predicted octanol–water partition coefficient (Wildman–Crippen LogP) is 2.40. The lowest BCUT2D eigenvalue weighted by Gasteiger charge is -2.03. The van der Waals surface area contributed by atoms with Crippen LogP contribution in [0.4, 0.5) is 14.7 Å². The Kier molecular flexibility index (Phi) is 2.48. The van der Waals surface area contributed by atoms with E-state index in [0.29, 0.717) is 12.1 Å². The first-order valence-corrected chi connectivity index (χ1v) is 6.02. The van der Waals surface area contributed by atoms with E-state index in [0.717, 1.165) is 11.1 Å². The third-order valence-corrected chi connectivity index (χ3v) is 3.34. The number of nitrogens with zero attached hydrogens (tertiary/aromatic N) is 3. The second kappa shape index (κ2) is 4.02. The van der Waals surface area contributed by atoms with Gasteiger partial charge in [0.1, 0.15) is 16.3 Å². The first-order chi connectivity index (χ1) is 8.65. The summed E-state index contributed by atoms with van der Waals surface area (Å²) in [6.07, 6.45) is 1.66. The maximum Gasteiger partial charge on any atom is 0.201 e. The smallest absolute Gasteiger partial charge is 0.201 e. The first-order valence-electron chi connectivity index (χ1n) is 5.14. The topological polar surface area (TPSA) is 56.7 Å². The molecule has 0 saturated carbocycles. The summed E-state index contributed by atoms with van der Waals surface area (Å²) in [6, 6.07) is 2.01. The van der Waals surface area contributed by atoms with Crippen LogP contribution < -0.4 is 5.73 Å². The molecule has 2 N–H and O–H groups in total. The van der Waals surface area contributed by atoms with Crippen molar-refractivity contribution in [1.29, 1.82) is 0 Å². The van der Waals surface area contributed by atoms with Gasteiger partial charge >= 0.3 is 0 Å². The highest BCUT2D eigenvalue weighted by Gasteiger charge is 2.14. The van der Waals surface area contributed by atoms with Gasteiger partial charge in [0, 0.05) is 23.7 Å². The van der Waals surface area contributed by atoms with Gasteiger partial charge in [-0.3, -0.25) is 0 Å². The Bertz CT molecular complexity index is 705. The van der Waals surface area contributed by atoms with Gasteiger partial charge in [-0.2, -0.15) is 0 Å². The molecule has 3 aromatic rings. The van der Waals surface area contributed by atoms with Crippen molar-refractivity contribution in [2.24, 2.45) is 0 Å². The average molecular weight is 266 g/mol. The number of halogens is 2. The number of thiazole rings is 1. The van der Waals surface area contributed by atoms with E-state index in [1.165, 1.54) is 17.4 Å². The third-order valence-electron chi connectivity index (χ3n) is 2.58. The van der Waals surface area contributed by atoms with E-state index in [2.05, 4.69) is 9.97 Å². The van der Waals surface area contributed by atoms with Crippen molar-refractivity contribution < 1.29 is 8.78 Å². The molecule has 0 aliphatic rings. The van der Waals surface area contributed by atoms with Gasteiger partial charge in [-0.1, -0.05) is 0 Å². The van der Waals surface area contributed by atoms with Crippen molar-refractivity contribution in [3.63, 3.8) is 0 Å². The molecule has 4 nitrogen and oxygen atoms in total. The molecule has 7 heteroatoms. The minimum atomic E-state index is -0.713.